The Balaban J connectivity index is 1.47. The van der Waals surface area contributed by atoms with Crippen LogP contribution in [0.3, 0.4) is 0 Å². The molecule has 4 rings (SSSR count). The fourth-order valence-corrected chi connectivity index (χ4v) is 5.54. The zero-order valence-electron chi connectivity index (χ0n) is 19.2. The highest BCUT2D eigenvalue weighted by Gasteiger charge is 2.45. The van der Waals surface area contributed by atoms with E-state index >= 15 is 0 Å². The molecule has 5 atom stereocenters. The van der Waals surface area contributed by atoms with E-state index < -0.39 is 5.54 Å². The van der Waals surface area contributed by atoms with E-state index in [1.54, 1.807) is 17.0 Å². The zero-order chi connectivity index (χ0) is 23.8. The molecule has 2 aliphatic heterocycles. The summed E-state index contributed by atoms with van der Waals surface area (Å²) in [5.74, 6) is 0.152. The maximum atomic E-state index is 13.2. The van der Waals surface area contributed by atoms with Gasteiger partial charge in [0.1, 0.15) is 0 Å². The van der Waals surface area contributed by atoms with E-state index in [1.165, 1.54) is 0 Å². The molecule has 0 spiro atoms. The van der Waals surface area contributed by atoms with Crippen molar-refractivity contribution in [3.8, 4) is 0 Å². The summed E-state index contributed by atoms with van der Waals surface area (Å²) in [5, 5.41) is 24.1. The fraction of sp³-hybridized carbons (Fsp3) is 0.625. The minimum absolute atomic E-state index is 0.0511. The lowest BCUT2D eigenvalue weighted by atomic mass is 9.85. The molecule has 4 N–H and O–H groups in total. The van der Waals surface area contributed by atoms with E-state index in [1.807, 2.05) is 19.9 Å². The van der Waals surface area contributed by atoms with Gasteiger partial charge in [0.2, 0.25) is 11.8 Å². The number of rotatable bonds is 7. The number of nitrogens with zero attached hydrogens (tertiary/aromatic N) is 1. The van der Waals surface area contributed by atoms with Gasteiger partial charge >= 0.3 is 0 Å². The molecule has 1 saturated carbocycles. The molecule has 0 bridgehead atoms. The van der Waals surface area contributed by atoms with Gasteiger partial charge in [-0.1, -0.05) is 23.7 Å². The van der Waals surface area contributed by atoms with Gasteiger partial charge in [0, 0.05) is 25.2 Å². The SMILES string of the molecule is C[C@@H]1C[C@H](N2C(=N)N[C@](C)(c3cccc(NC(=O)[C@H]4C[C@@H]4CCCO)c3Cl)CC2=O)CCO1. The minimum Gasteiger partial charge on any atom is -0.396 e. The molecule has 1 aromatic carbocycles. The summed E-state index contributed by atoms with van der Waals surface area (Å²) in [4.78, 5) is 27.4. The molecule has 33 heavy (non-hydrogen) atoms. The number of aliphatic hydroxyl groups is 1. The molecule has 0 radical (unpaired) electrons. The highest BCUT2D eigenvalue weighted by atomic mass is 35.5. The Labute approximate surface area is 199 Å². The third kappa shape index (κ3) is 5.03. The molecular formula is C24H33ClN4O4. The van der Waals surface area contributed by atoms with E-state index in [-0.39, 0.29) is 48.9 Å². The second kappa shape index (κ2) is 9.60. The van der Waals surface area contributed by atoms with Gasteiger partial charge in [-0.3, -0.25) is 19.9 Å². The van der Waals surface area contributed by atoms with Crippen molar-refractivity contribution in [1.29, 1.82) is 5.41 Å². The first-order chi connectivity index (χ1) is 15.7. The second-order valence-corrected chi connectivity index (χ2v) is 10.1. The Morgan fingerprint density at radius 2 is 2.21 bits per heavy atom. The minimum atomic E-state index is -0.859. The highest BCUT2D eigenvalue weighted by molar-refractivity contribution is 6.34. The van der Waals surface area contributed by atoms with Crippen LogP contribution in [0.1, 0.15) is 57.9 Å². The topological polar surface area (TPSA) is 115 Å². The third-order valence-corrected chi connectivity index (χ3v) is 7.48. The third-order valence-electron chi connectivity index (χ3n) is 7.07. The summed E-state index contributed by atoms with van der Waals surface area (Å²) < 4.78 is 5.60. The zero-order valence-corrected chi connectivity index (χ0v) is 20.0. The molecule has 3 fully saturated rings. The Kier molecular flexibility index (Phi) is 6.98. The van der Waals surface area contributed by atoms with Gasteiger partial charge in [-0.05, 0) is 63.5 Å². The molecule has 3 aliphatic rings. The summed E-state index contributed by atoms with van der Waals surface area (Å²) >= 11 is 6.72. The van der Waals surface area contributed by atoms with Crippen molar-refractivity contribution in [3.63, 3.8) is 0 Å². The fourth-order valence-electron chi connectivity index (χ4n) is 5.16. The quantitative estimate of drug-likeness (QED) is 0.482. The Hall–Kier alpha value is -2.16. The van der Waals surface area contributed by atoms with Gasteiger partial charge < -0.3 is 20.5 Å². The number of hydrogen-bond acceptors (Lipinski definition) is 5. The molecule has 2 saturated heterocycles. The van der Waals surface area contributed by atoms with Crippen LogP contribution in [0.4, 0.5) is 5.69 Å². The standard InChI is InChI=1S/C24H33ClN4O4/c1-14-11-16(8-10-33-14)29-20(31)13-24(2,28-23(29)26)18-6-3-7-19(21(18)25)27-22(32)17-12-15(17)5-4-9-30/h3,6-7,14-17,30H,4-5,8-13H2,1-2H3,(H2,26,28)(H,27,32)/t14-,15+,16-,17+,24+/m1/s1. The number of anilines is 1. The summed E-state index contributed by atoms with van der Waals surface area (Å²) in [7, 11) is 0. The van der Waals surface area contributed by atoms with Crippen molar-refractivity contribution in [2.24, 2.45) is 11.8 Å². The average molecular weight is 477 g/mol. The summed E-state index contributed by atoms with van der Waals surface area (Å²) in [6, 6.07) is 5.34. The Morgan fingerprint density at radius 1 is 1.42 bits per heavy atom. The molecule has 9 heteroatoms. The van der Waals surface area contributed by atoms with Crippen molar-refractivity contribution in [1.82, 2.24) is 10.2 Å². The molecule has 1 aromatic rings. The summed E-state index contributed by atoms with van der Waals surface area (Å²) in [6.07, 6.45) is 4.01. The van der Waals surface area contributed by atoms with Crippen LogP contribution in [0, 0.1) is 17.2 Å². The number of ether oxygens (including phenoxy) is 1. The predicted octanol–water partition coefficient (Wildman–Crippen LogP) is 3.23. The van der Waals surface area contributed by atoms with Crippen molar-refractivity contribution in [2.45, 2.75) is 70.1 Å². The first-order valence-corrected chi connectivity index (χ1v) is 12.1. The number of halogens is 1. The smallest absolute Gasteiger partial charge is 0.232 e. The van der Waals surface area contributed by atoms with Gasteiger partial charge in [0.05, 0.1) is 28.8 Å². The Morgan fingerprint density at radius 3 is 2.91 bits per heavy atom. The van der Waals surface area contributed by atoms with Crippen molar-refractivity contribution in [2.75, 3.05) is 18.5 Å². The van der Waals surface area contributed by atoms with Crippen LogP contribution in [0.5, 0.6) is 0 Å². The number of aliphatic hydroxyl groups excluding tert-OH is 1. The molecule has 8 nitrogen and oxygen atoms in total. The van der Waals surface area contributed by atoms with Crippen molar-refractivity contribution < 1.29 is 19.4 Å². The van der Waals surface area contributed by atoms with Crippen LogP contribution in [0.2, 0.25) is 5.02 Å². The largest absolute Gasteiger partial charge is 0.396 e. The predicted molar refractivity (Wildman–Crippen MR) is 126 cm³/mol. The van der Waals surface area contributed by atoms with Crippen molar-refractivity contribution in [3.05, 3.63) is 28.8 Å². The molecule has 180 valence electrons. The number of benzene rings is 1. The van der Waals surface area contributed by atoms with Gasteiger partial charge in [0.25, 0.3) is 0 Å². The van der Waals surface area contributed by atoms with E-state index in [4.69, 9.17) is 26.9 Å². The first-order valence-electron chi connectivity index (χ1n) is 11.7. The van der Waals surface area contributed by atoms with Crippen LogP contribution in [0.15, 0.2) is 18.2 Å². The average Bonchev–Trinajstić information content (AvgIpc) is 3.53. The van der Waals surface area contributed by atoms with Crippen LogP contribution in [-0.4, -0.2) is 53.1 Å². The van der Waals surface area contributed by atoms with Crippen molar-refractivity contribution >= 4 is 35.1 Å². The highest BCUT2D eigenvalue weighted by Crippen LogP contribution is 2.44. The summed E-state index contributed by atoms with van der Waals surface area (Å²) in [6.45, 7) is 4.57. The molecule has 1 aliphatic carbocycles. The van der Waals surface area contributed by atoms with Crippen LogP contribution >= 0.6 is 11.6 Å². The number of guanidine groups is 1. The van der Waals surface area contributed by atoms with Gasteiger partial charge in [-0.15, -0.1) is 0 Å². The van der Waals surface area contributed by atoms with E-state index in [9.17, 15) is 9.59 Å². The van der Waals surface area contributed by atoms with Crippen LogP contribution in [-0.2, 0) is 19.9 Å². The number of carbonyl (C=O) groups excluding carboxylic acids is 2. The van der Waals surface area contributed by atoms with Gasteiger partial charge in [-0.25, -0.2) is 0 Å². The molecule has 0 unspecified atom stereocenters. The second-order valence-electron chi connectivity index (χ2n) is 9.73. The monoisotopic (exact) mass is 476 g/mol. The number of hydrogen-bond donors (Lipinski definition) is 4. The number of nitrogens with one attached hydrogen (secondary N) is 3. The number of amides is 2. The van der Waals surface area contributed by atoms with Gasteiger partial charge in [-0.2, -0.15) is 0 Å². The van der Waals surface area contributed by atoms with Gasteiger partial charge in [0.15, 0.2) is 5.96 Å². The van der Waals surface area contributed by atoms with E-state index in [0.717, 1.165) is 12.8 Å². The van der Waals surface area contributed by atoms with E-state index in [2.05, 4.69) is 10.6 Å². The maximum absolute atomic E-state index is 13.2. The molecule has 2 amide bonds. The van der Waals surface area contributed by atoms with Crippen LogP contribution in [0.25, 0.3) is 0 Å². The molecule has 2 heterocycles. The summed E-state index contributed by atoms with van der Waals surface area (Å²) in [5.41, 5.74) is 0.324. The maximum Gasteiger partial charge on any atom is 0.232 e. The Bertz CT molecular complexity index is 921. The lowest BCUT2D eigenvalue weighted by Crippen LogP contribution is -2.63. The lowest BCUT2D eigenvalue weighted by molar-refractivity contribution is -0.134. The first kappa shape index (κ1) is 24.0. The lowest BCUT2D eigenvalue weighted by Gasteiger charge is -2.45. The number of carbonyl (C=O) groups is 2. The normalized spacial score (nSPS) is 31.8. The molecule has 0 aromatic heterocycles. The molecular weight excluding hydrogens is 444 g/mol. The van der Waals surface area contributed by atoms with Crippen LogP contribution < -0.4 is 10.6 Å². The van der Waals surface area contributed by atoms with E-state index in [0.29, 0.717) is 48.1 Å².